The lowest BCUT2D eigenvalue weighted by Crippen LogP contribution is -2.40. The molecule has 3 heterocycles. The first kappa shape index (κ1) is 29.1. The zero-order valence-electron chi connectivity index (χ0n) is 21.4. The van der Waals surface area contributed by atoms with Crippen LogP contribution in [0.5, 0.6) is 0 Å². The van der Waals surface area contributed by atoms with Gasteiger partial charge in [0.15, 0.2) is 5.01 Å². The summed E-state index contributed by atoms with van der Waals surface area (Å²) >= 11 is 0.728. The molecule has 1 saturated heterocycles. The van der Waals surface area contributed by atoms with Gasteiger partial charge in [0, 0.05) is 29.9 Å². The maximum absolute atomic E-state index is 14.2. The lowest BCUT2D eigenvalue weighted by Gasteiger charge is -2.22. The van der Waals surface area contributed by atoms with Crippen molar-refractivity contribution in [3.8, 4) is 10.4 Å². The van der Waals surface area contributed by atoms with E-state index in [0.29, 0.717) is 19.4 Å². The smallest absolute Gasteiger partial charge is 0.391 e. The number of anilines is 1. The number of carbonyl (C=O) groups is 2. The fraction of sp³-hybridized carbons (Fsp3) is 0.600. The molecule has 1 aliphatic carbocycles. The number of nitrogens with zero attached hydrogens (tertiary/aromatic N) is 3. The predicted molar refractivity (Wildman–Crippen MR) is 135 cm³/mol. The van der Waals surface area contributed by atoms with Gasteiger partial charge in [-0.25, -0.2) is 18.7 Å². The van der Waals surface area contributed by atoms with E-state index in [2.05, 4.69) is 20.6 Å². The van der Waals surface area contributed by atoms with Crippen molar-refractivity contribution in [3.05, 3.63) is 28.5 Å². The zero-order chi connectivity index (χ0) is 28.5. The van der Waals surface area contributed by atoms with Gasteiger partial charge in [0.2, 0.25) is 0 Å². The molecular formula is C25H30F5N5O3S. The predicted octanol–water partition coefficient (Wildman–Crippen LogP) is 5.16. The third-order valence-electron chi connectivity index (χ3n) is 7.17. The van der Waals surface area contributed by atoms with Crippen molar-refractivity contribution in [1.82, 2.24) is 20.2 Å². The number of likely N-dealkylation sites (tertiary alicyclic amines) is 1. The third kappa shape index (κ3) is 6.32. The van der Waals surface area contributed by atoms with Crippen LogP contribution < -0.4 is 10.6 Å². The Hall–Kier alpha value is -2.87. The lowest BCUT2D eigenvalue weighted by atomic mass is 10.1. The minimum absolute atomic E-state index is 0.0200. The molecule has 1 saturated carbocycles. The maximum atomic E-state index is 14.2. The van der Waals surface area contributed by atoms with E-state index in [1.165, 1.54) is 6.92 Å². The number of alkyl halides is 5. The highest BCUT2D eigenvalue weighted by Crippen LogP contribution is 2.39. The second-order valence-corrected chi connectivity index (χ2v) is 10.9. The molecule has 4 rings (SSSR count). The van der Waals surface area contributed by atoms with Gasteiger partial charge in [0.25, 0.3) is 18.2 Å². The van der Waals surface area contributed by atoms with Gasteiger partial charge in [-0.15, -0.1) is 11.3 Å². The number of amides is 2. The molecule has 14 heteroatoms. The zero-order valence-corrected chi connectivity index (χ0v) is 22.2. The fourth-order valence-electron chi connectivity index (χ4n) is 4.97. The van der Waals surface area contributed by atoms with Gasteiger partial charge in [-0.05, 0) is 51.5 Å². The lowest BCUT2D eigenvalue weighted by molar-refractivity contribution is -0.142. The van der Waals surface area contributed by atoms with Crippen molar-refractivity contribution >= 4 is 29.0 Å². The second kappa shape index (κ2) is 11.7. The SMILES string of the molecule is CCC(Nc1cc(C(F)F)c(-c2sc(C(=O)N[C@@H]3CCC[C@H]3O)nc2C(=O)N2CCC[C@@H]2C)cn1)C(F)(F)F. The topological polar surface area (TPSA) is 107 Å². The normalized spacial score (nSPS) is 22.4. The number of aromatic nitrogens is 2. The Balaban J connectivity index is 1.74. The van der Waals surface area contributed by atoms with E-state index in [1.54, 1.807) is 4.90 Å². The first-order valence-corrected chi connectivity index (χ1v) is 13.6. The van der Waals surface area contributed by atoms with Crippen molar-refractivity contribution in [1.29, 1.82) is 0 Å². The van der Waals surface area contributed by atoms with Gasteiger partial charge < -0.3 is 20.6 Å². The Bertz CT molecular complexity index is 1210. The first-order chi connectivity index (χ1) is 18.4. The van der Waals surface area contributed by atoms with Gasteiger partial charge in [0.1, 0.15) is 17.6 Å². The molecule has 0 spiro atoms. The summed E-state index contributed by atoms with van der Waals surface area (Å²) in [4.78, 5) is 36.2. The van der Waals surface area contributed by atoms with Crippen molar-refractivity contribution < 1.29 is 36.6 Å². The summed E-state index contributed by atoms with van der Waals surface area (Å²) in [6.45, 7) is 3.59. The number of rotatable bonds is 8. The van der Waals surface area contributed by atoms with Crippen LogP contribution in [-0.4, -0.2) is 68.7 Å². The Morgan fingerprint density at radius 1 is 1.23 bits per heavy atom. The number of carbonyl (C=O) groups excluding carboxylic acids is 2. The fourth-order valence-corrected chi connectivity index (χ4v) is 5.96. The highest BCUT2D eigenvalue weighted by Gasteiger charge is 2.39. The van der Waals surface area contributed by atoms with Crippen LogP contribution in [0.15, 0.2) is 12.3 Å². The largest absolute Gasteiger partial charge is 0.408 e. The van der Waals surface area contributed by atoms with Gasteiger partial charge in [0.05, 0.1) is 17.0 Å². The van der Waals surface area contributed by atoms with Crippen LogP contribution in [0.3, 0.4) is 0 Å². The summed E-state index contributed by atoms with van der Waals surface area (Å²) in [7, 11) is 0. The van der Waals surface area contributed by atoms with Crippen LogP contribution in [0.25, 0.3) is 10.4 Å². The molecule has 4 atom stereocenters. The quantitative estimate of drug-likeness (QED) is 0.376. The summed E-state index contributed by atoms with van der Waals surface area (Å²) in [5.74, 6) is -1.57. The van der Waals surface area contributed by atoms with E-state index in [9.17, 15) is 36.6 Å². The van der Waals surface area contributed by atoms with E-state index < -0.39 is 54.0 Å². The van der Waals surface area contributed by atoms with Crippen LogP contribution in [0.4, 0.5) is 27.8 Å². The molecule has 214 valence electrons. The van der Waals surface area contributed by atoms with Gasteiger partial charge in [-0.3, -0.25) is 9.59 Å². The van der Waals surface area contributed by atoms with Crippen LogP contribution in [-0.2, 0) is 0 Å². The molecule has 2 fully saturated rings. The molecule has 3 N–H and O–H groups in total. The molecule has 1 unspecified atom stereocenters. The van der Waals surface area contributed by atoms with Crippen molar-refractivity contribution in [2.75, 3.05) is 11.9 Å². The van der Waals surface area contributed by atoms with Gasteiger partial charge in [-0.2, -0.15) is 13.2 Å². The maximum Gasteiger partial charge on any atom is 0.408 e. The van der Waals surface area contributed by atoms with Crippen LogP contribution >= 0.6 is 11.3 Å². The monoisotopic (exact) mass is 575 g/mol. The van der Waals surface area contributed by atoms with E-state index in [-0.39, 0.29) is 33.6 Å². The molecule has 1 aliphatic heterocycles. The molecule has 2 aromatic rings. The van der Waals surface area contributed by atoms with Gasteiger partial charge in [-0.1, -0.05) is 6.92 Å². The number of halogens is 5. The van der Waals surface area contributed by atoms with Gasteiger partial charge >= 0.3 is 6.18 Å². The van der Waals surface area contributed by atoms with Crippen molar-refractivity contribution in [2.45, 2.75) is 89.2 Å². The summed E-state index contributed by atoms with van der Waals surface area (Å²) in [5, 5.41) is 14.8. The highest BCUT2D eigenvalue weighted by atomic mass is 32.1. The summed E-state index contributed by atoms with van der Waals surface area (Å²) in [6, 6.07) is -1.77. The molecule has 8 nitrogen and oxygen atoms in total. The summed E-state index contributed by atoms with van der Waals surface area (Å²) in [6.07, 6.45) is -4.49. The number of aliphatic hydroxyl groups is 1. The van der Waals surface area contributed by atoms with Crippen molar-refractivity contribution in [3.63, 3.8) is 0 Å². The Morgan fingerprint density at radius 2 is 1.97 bits per heavy atom. The minimum Gasteiger partial charge on any atom is -0.391 e. The molecule has 0 bridgehead atoms. The number of hydrogen-bond acceptors (Lipinski definition) is 7. The molecule has 0 aromatic carbocycles. The first-order valence-electron chi connectivity index (χ1n) is 12.8. The Kier molecular flexibility index (Phi) is 8.74. The Morgan fingerprint density at radius 3 is 2.54 bits per heavy atom. The molecule has 0 radical (unpaired) electrons. The van der Waals surface area contributed by atoms with Crippen molar-refractivity contribution in [2.24, 2.45) is 0 Å². The van der Waals surface area contributed by atoms with Crippen LogP contribution in [0.1, 0.15) is 84.7 Å². The van der Waals surface area contributed by atoms with E-state index in [4.69, 9.17) is 0 Å². The van der Waals surface area contributed by atoms with E-state index >= 15 is 0 Å². The average molecular weight is 576 g/mol. The van der Waals surface area contributed by atoms with E-state index in [0.717, 1.165) is 42.9 Å². The molecule has 2 amide bonds. The number of pyridine rings is 1. The minimum atomic E-state index is -4.61. The van der Waals surface area contributed by atoms with Crippen LogP contribution in [0, 0.1) is 0 Å². The number of nitrogens with one attached hydrogen (secondary N) is 2. The number of hydrogen-bond donors (Lipinski definition) is 3. The summed E-state index contributed by atoms with van der Waals surface area (Å²) < 4.78 is 68.2. The molecule has 2 aromatic heterocycles. The number of thiazole rings is 1. The standard InChI is InChI=1S/C25H30F5N5O3S/c1-3-17(25(28,29)30)33-18-10-13(21(26)27)14(11-31-18)20-19(24(38)35-9-5-6-12(35)2)34-23(39-20)22(37)32-15-7-4-8-16(15)36/h10-12,15-17,21,36H,3-9H2,1-2H3,(H,31,33)(H,32,37)/t12-,15+,16+,17?/m0/s1. The average Bonchev–Trinajstić information content (AvgIpc) is 3.61. The molecular weight excluding hydrogens is 545 g/mol. The van der Waals surface area contributed by atoms with Crippen LogP contribution in [0.2, 0.25) is 0 Å². The second-order valence-electron chi connectivity index (χ2n) is 9.87. The molecule has 2 aliphatic rings. The molecule has 39 heavy (non-hydrogen) atoms. The Labute approximate surface area is 226 Å². The van der Waals surface area contributed by atoms with E-state index in [1.807, 2.05) is 6.92 Å². The third-order valence-corrected chi connectivity index (χ3v) is 8.26. The summed E-state index contributed by atoms with van der Waals surface area (Å²) in [5.41, 5.74) is -1.03. The highest BCUT2D eigenvalue weighted by molar-refractivity contribution is 7.17. The number of aliphatic hydroxyl groups excluding tert-OH is 1.